The molecule has 0 bridgehead atoms. The molecule has 0 spiro atoms. The first-order valence-corrected chi connectivity index (χ1v) is 5.47. The van der Waals surface area contributed by atoms with Gasteiger partial charge in [-0.05, 0) is 30.2 Å². The van der Waals surface area contributed by atoms with Crippen LogP contribution in [0, 0.1) is 0 Å². The van der Waals surface area contributed by atoms with Gasteiger partial charge in [-0.15, -0.1) is 0 Å². The van der Waals surface area contributed by atoms with Crippen molar-refractivity contribution in [3.63, 3.8) is 0 Å². The van der Waals surface area contributed by atoms with E-state index in [1.807, 2.05) is 25.2 Å². The highest BCUT2D eigenvalue weighted by atomic mass is 35.5. The third-order valence-corrected chi connectivity index (χ3v) is 2.50. The highest BCUT2D eigenvalue weighted by Crippen LogP contribution is 2.26. The number of anilines is 1. The minimum Gasteiger partial charge on any atom is -0.388 e. The van der Waals surface area contributed by atoms with Crippen LogP contribution in [0.2, 0.25) is 5.02 Å². The Morgan fingerprint density at radius 1 is 1.53 bits per heavy atom. The van der Waals surface area contributed by atoms with E-state index in [4.69, 9.17) is 17.3 Å². The van der Waals surface area contributed by atoms with Crippen molar-refractivity contribution >= 4 is 22.9 Å². The second kappa shape index (κ2) is 5.79. The molecule has 0 saturated carbocycles. The van der Waals surface area contributed by atoms with Crippen LogP contribution in [0.25, 0.3) is 5.57 Å². The molecule has 15 heavy (non-hydrogen) atoms. The van der Waals surface area contributed by atoms with Crippen molar-refractivity contribution < 1.29 is 0 Å². The van der Waals surface area contributed by atoms with Crippen molar-refractivity contribution in [1.82, 2.24) is 0 Å². The van der Waals surface area contributed by atoms with E-state index in [-0.39, 0.29) is 0 Å². The van der Waals surface area contributed by atoms with E-state index in [1.54, 1.807) is 0 Å². The summed E-state index contributed by atoms with van der Waals surface area (Å²) in [5.74, 6) is 0. The van der Waals surface area contributed by atoms with Crippen molar-refractivity contribution in [2.45, 2.75) is 13.3 Å². The number of benzene rings is 1. The number of hydrogen-bond donors (Lipinski definition) is 2. The van der Waals surface area contributed by atoms with Gasteiger partial charge in [0, 0.05) is 29.9 Å². The van der Waals surface area contributed by atoms with Crippen LogP contribution in [0.5, 0.6) is 0 Å². The van der Waals surface area contributed by atoms with Crippen molar-refractivity contribution in [3.8, 4) is 0 Å². The van der Waals surface area contributed by atoms with Gasteiger partial charge in [-0.2, -0.15) is 0 Å². The van der Waals surface area contributed by atoms with Gasteiger partial charge in [0.25, 0.3) is 0 Å². The zero-order valence-electron chi connectivity index (χ0n) is 9.18. The molecule has 0 aromatic heterocycles. The van der Waals surface area contributed by atoms with Crippen LogP contribution in [0.3, 0.4) is 0 Å². The number of nitrogens with one attached hydrogen (secondary N) is 1. The van der Waals surface area contributed by atoms with E-state index in [9.17, 15) is 0 Å². The average molecular weight is 225 g/mol. The predicted molar refractivity (Wildman–Crippen MR) is 68.3 cm³/mol. The summed E-state index contributed by atoms with van der Waals surface area (Å²) in [4.78, 5) is 0. The fourth-order valence-corrected chi connectivity index (χ4v) is 1.72. The van der Waals surface area contributed by atoms with Gasteiger partial charge in [0.2, 0.25) is 0 Å². The zero-order chi connectivity index (χ0) is 11.3. The molecule has 0 saturated heterocycles. The van der Waals surface area contributed by atoms with Crippen LogP contribution >= 0.6 is 11.6 Å². The van der Waals surface area contributed by atoms with Gasteiger partial charge in [0.15, 0.2) is 0 Å². The molecular weight excluding hydrogens is 208 g/mol. The first-order valence-electron chi connectivity index (χ1n) is 5.09. The minimum atomic E-state index is 0.531. The molecule has 1 rings (SSSR count). The third kappa shape index (κ3) is 2.98. The molecule has 0 unspecified atom stereocenters. The lowest BCUT2D eigenvalue weighted by molar-refractivity contribution is 1.18. The molecule has 0 fully saturated rings. The largest absolute Gasteiger partial charge is 0.388 e. The second-order valence-corrected chi connectivity index (χ2v) is 3.72. The van der Waals surface area contributed by atoms with Crippen LogP contribution in [-0.4, -0.2) is 13.6 Å². The number of rotatable bonds is 4. The summed E-state index contributed by atoms with van der Waals surface area (Å²) in [7, 11) is 1.90. The smallest absolute Gasteiger partial charge is 0.0415 e. The third-order valence-electron chi connectivity index (χ3n) is 2.27. The van der Waals surface area contributed by atoms with Crippen LogP contribution < -0.4 is 11.1 Å². The predicted octanol–water partition coefficient (Wildman–Crippen LogP) is 3.13. The lowest BCUT2D eigenvalue weighted by Crippen LogP contribution is -2.05. The molecule has 3 heteroatoms. The summed E-state index contributed by atoms with van der Waals surface area (Å²) < 4.78 is 0. The normalized spacial score (nSPS) is 11.6. The van der Waals surface area contributed by atoms with E-state index >= 15 is 0 Å². The lowest BCUT2D eigenvalue weighted by Gasteiger charge is -2.11. The first-order chi connectivity index (χ1) is 7.22. The molecule has 82 valence electrons. The maximum absolute atomic E-state index is 5.98. The standard InChI is InChI=1S/C12H17ClN2/c1-3-4-9(8-14)11-7-10(13)5-6-12(11)15-2/h4-7,15H,3,8,14H2,1-2H3/b9-4+. The van der Waals surface area contributed by atoms with E-state index < -0.39 is 0 Å². The highest BCUT2D eigenvalue weighted by Gasteiger charge is 2.05. The fourth-order valence-electron chi connectivity index (χ4n) is 1.55. The Bertz CT molecular complexity index is 359. The minimum absolute atomic E-state index is 0.531. The van der Waals surface area contributed by atoms with E-state index in [2.05, 4.69) is 18.3 Å². The Hall–Kier alpha value is -0.990. The maximum Gasteiger partial charge on any atom is 0.0415 e. The Morgan fingerprint density at radius 2 is 2.27 bits per heavy atom. The quantitative estimate of drug-likeness (QED) is 0.825. The topological polar surface area (TPSA) is 38.0 Å². The zero-order valence-corrected chi connectivity index (χ0v) is 9.93. The van der Waals surface area contributed by atoms with Gasteiger partial charge in [-0.25, -0.2) is 0 Å². The summed E-state index contributed by atoms with van der Waals surface area (Å²) >= 11 is 5.98. The molecule has 1 aromatic rings. The van der Waals surface area contributed by atoms with Crippen LogP contribution in [0.4, 0.5) is 5.69 Å². The van der Waals surface area contributed by atoms with Gasteiger partial charge in [-0.3, -0.25) is 0 Å². The Kier molecular flexibility index (Phi) is 4.66. The van der Waals surface area contributed by atoms with Crippen LogP contribution in [0.1, 0.15) is 18.9 Å². The second-order valence-electron chi connectivity index (χ2n) is 3.28. The summed E-state index contributed by atoms with van der Waals surface area (Å²) in [6.07, 6.45) is 3.11. The molecule has 0 amide bonds. The molecule has 2 nitrogen and oxygen atoms in total. The van der Waals surface area contributed by atoms with Crippen molar-refractivity contribution in [2.24, 2.45) is 5.73 Å². The molecule has 0 aliphatic rings. The van der Waals surface area contributed by atoms with Crippen LogP contribution in [0.15, 0.2) is 24.3 Å². The Labute approximate surface area is 96.1 Å². The van der Waals surface area contributed by atoms with Crippen molar-refractivity contribution in [3.05, 3.63) is 34.9 Å². The summed E-state index contributed by atoms with van der Waals surface area (Å²) in [5.41, 5.74) is 9.01. The Balaban J connectivity index is 3.20. The number of hydrogen-bond acceptors (Lipinski definition) is 2. The molecular formula is C12H17ClN2. The maximum atomic E-state index is 5.98. The van der Waals surface area contributed by atoms with E-state index in [1.165, 1.54) is 0 Å². The van der Waals surface area contributed by atoms with Crippen LogP contribution in [-0.2, 0) is 0 Å². The first kappa shape index (κ1) is 12.1. The molecule has 0 atom stereocenters. The van der Waals surface area contributed by atoms with Crippen molar-refractivity contribution in [1.29, 1.82) is 0 Å². The Morgan fingerprint density at radius 3 is 2.80 bits per heavy atom. The molecule has 3 N–H and O–H groups in total. The number of allylic oxidation sites excluding steroid dienone is 1. The van der Waals surface area contributed by atoms with Gasteiger partial charge in [0.1, 0.15) is 0 Å². The van der Waals surface area contributed by atoms with Gasteiger partial charge >= 0.3 is 0 Å². The van der Waals surface area contributed by atoms with Gasteiger partial charge < -0.3 is 11.1 Å². The van der Waals surface area contributed by atoms with Crippen molar-refractivity contribution in [2.75, 3.05) is 18.9 Å². The molecule has 0 aliphatic carbocycles. The number of nitrogens with two attached hydrogens (primary N) is 1. The molecule has 0 aliphatic heterocycles. The lowest BCUT2D eigenvalue weighted by atomic mass is 10.0. The monoisotopic (exact) mass is 224 g/mol. The summed E-state index contributed by atoms with van der Waals surface area (Å²) in [5, 5.41) is 3.88. The van der Waals surface area contributed by atoms with Gasteiger partial charge in [-0.1, -0.05) is 24.6 Å². The molecule has 0 heterocycles. The summed E-state index contributed by atoms with van der Waals surface area (Å²) in [6.45, 7) is 2.63. The number of halogens is 1. The SMILES string of the molecule is CC/C=C(\CN)c1cc(Cl)ccc1NC. The fraction of sp³-hybridized carbons (Fsp3) is 0.333. The molecule has 1 aromatic carbocycles. The molecule has 0 radical (unpaired) electrons. The summed E-state index contributed by atoms with van der Waals surface area (Å²) in [6, 6.07) is 5.79. The van der Waals surface area contributed by atoms with E-state index in [0.29, 0.717) is 6.54 Å². The van der Waals surface area contributed by atoms with Gasteiger partial charge in [0.05, 0.1) is 0 Å². The van der Waals surface area contributed by atoms with E-state index in [0.717, 1.165) is 28.3 Å². The highest BCUT2D eigenvalue weighted by molar-refractivity contribution is 6.30. The average Bonchev–Trinajstić information content (AvgIpc) is 2.26.